The molecule has 0 aromatic heterocycles. The Morgan fingerprint density at radius 1 is 0.532 bits per heavy atom. The number of nitrogens with zero attached hydrogens (tertiary/aromatic N) is 4. The van der Waals surface area contributed by atoms with Gasteiger partial charge in [0.05, 0.1) is 34.4 Å². The van der Waals surface area contributed by atoms with Gasteiger partial charge in [-0.3, -0.25) is 30.2 Å². The highest BCUT2D eigenvalue weighted by Gasteiger charge is 2.22. The average Bonchev–Trinajstić information content (AvgIpc) is 3.25. The molecule has 0 spiro atoms. The van der Waals surface area contributed by atoms with E-state index < -0.39 is 9.85 Å². The zero-order chi connectivity index (χ0) is 43.9. The molecular weight excluding hydrogens is 793 g/mol. The molecule has 0 fully saturated rings. The van der Waals surface area contributed by atoms with Gasteiger partial charge in [0.15, 0.2) is 0 Å². The SMILES string of the molecule is CCCOc1c2cccc1Cc1cc(N=Cc3cc([N+](=O)[O-])ccc3O)cc(c1O)Cc1cccc(c1OCCC)Cc1cc(N=Cc3cc([N+](=O)[O-])ccc3O)cc(c1O)C2. The largest absolute Gasteiger partial charge is 0.507 e. The number of non-ortho nitro benzene ring substituents is 2. The number of phenols is 4. The van der Waals surface area contributed by atoms with E-state index in [2.05, 4.69) is 9.98 Å². The molecule has 0 aliphatic heterocycles. The van der Waals surface area contributed by atoms with Gasteiger partial charge >= 0.3 is 0 Å². The summed E-state index contributed by atoms with van der Waals surface area (Å²) in [6.45, 7) is 4.76. The van der Waals surface area contributed by atoms with E-state index in [9.17, 15) is 40.7 Å². The highest BCUT2D eigenvalue weighted by Crippen LogP contribution is 2.41. The smallest absolute Gasteiger partial charge is 0.270 e. The summed E-state index contributed by atoms with van der Waals surface area (Å²) in [4.78, 5) is 31.2. The van der Waals surface area contributed by atoms with Crippen molar-refractivity contribution >= 4 is 35.2 Å². The Hall–Kier alpha value is -7.74. The lowest BCUT2D eigenvalue weighted by Crippen LogP contribution is -2.07. The van der Waals surface area contributed by atoms with Crippen molar-refractivity contribution in [2.24, 2.45) is 9.98 Å². The van der Waals surface area contributed by atoms with Crippen LogP contribution in [0.25, 0.3) is 0 Å². The van der Waals surface area contributed by atoms with E-state index in [1.165, 1.54) is 48.8 Å². The molecule has 1 aliphatic carbocycles. The van der Waals surface area contributed by atoms with Crippen LogP contribution >= 0.6 is 0 Å². The molecule has 14 heteroatoms. The Kier molecular flexibility index (Phi) is 12.8. The normalized spacial score (nSPS) is 12.4. The van der Waals surface area contributed by atoms with Crippen molar-refractivity contribution in [1.29, 1.82) is 0 Å². The number of para-hydroxylation sites is 2. The second-order valence-electron chi connectivity index (χ2n) is 15.0. The van der Waals surface area contributed by atoms with Gasteiger partial charge in [0.2, 0.25) is 0 Å². The highest BCUT2D eigenvalue weighted by molar-refractivity contribution is 5.87. The van der Waals surface area contributed by atoms with Crippen molar-refractivity contribution in [3.8, 4) is 34.5 Å². The third-order valence-corrected chi connectivity index (χ3v) is 10.4. The number of hydrogen-bond acceptors (Lipinski definition) is 12. The van der Waals surface area contributed by atoms with Gasteiger partial charge in [0.1, 0.15) is 34.5 Å². The molecule has 6 aromatic rings. The summed E-state index contributed by atoms with van der Waals surface area (Å²) in [7, 11) is 0. The van der Waals surface area contributed by atoms with Gasteiger partial charge in [0, 0.05) is 95.8 Å². The zero-order valence-electron chi connectivity index (χ0n) is 34.1. The molecule has 0 amide bonds. The molecule has 0 heterocycles. The van der Waals surface area contributed by atoms with E-state index in [1.54, 1.807) is 24.3 Å². The van der Waals surface area contributed by atoms with E-state index in [-0.39, 0.29) is 71.2 Å². The van der Waals surface area contributed by atoms with Crippen LogP contribution in [-0.2, 0) is 25.7 Å². The standard InChI is InChI=1S/C48H44N4O10/c1-3-15-61-47-29-7-5-8-30(47)18-34-22-40(50-28-38-26-42(52(59)60)12-14-44(38)54)24-36(46(34)56)20-32-10-6-9-31(48(32)62-16-4-2)19-35-23-39(21-33(17-29)45(35)55)49-27-37-25-41(51(57)58)11-13-43(37)53/h5-14,21-28,53-56H,3-4,15-20H2,1-2H3. The summed E-state index contributed by atoms with van der Waals surface area (Å²) in [5.41, 5.74) is 5.91. The van der Waals surface area contributed by atoms with Gasteiger partial charge in [-0.1, -0.05) is 50.2 Å². The topological polar surface area (TPSA) is 210 Å². The Labute approximate surface area is 357 Å². The van der Waals surface area contributed by atoms with Gasteiger partial charge in [-0.2, -0.15) is 0 Å². The molecule has 0 saturated heterocycles. The molecule has 1 aliphatic rings. The number of hydrogen-bond donors (Lipinski definition) is 4. The van der Waals surface area contributed by atoms with Crippen LogP contribution < -0.4 is 9.47 Å². The second-order valence-corrected chi connectivity index (χ2v) is 15.0. The lowest BCUT2D eigenvalue weighted by Gasteiger charge is -2.21. The third-order valence-electron chi connectivity index (χ3n) is 10.4. The second kappa shape index (κ2) is 18.7. The maximum absolute atomic E-state index is 12.0. The number of aliphatic imine (C=N–C) groups is 2. The molecule has 316 valence electrons. The number of nitro benzene ring substituents is 2. The van der Waals surface area contributed by atoms with Crippen LogP contribution in [0.2, 0.25) is 0 Å². The van der Waals surface area contributed by atoms with E-state index in [1.807, 2.05) is 50.2 Å². The summed E-state index contributed by atoms with van der Waals surface area (Å²) in [6.07, 6.45) is 4.98. The quantitative estimate of drug-likeness (QED) is 0.0520. The maximum atomic E-state index is 12.0. The lowest BCUT2D eigenvalue weighted by molar-refractivity contribution is -0.385. The van der Waals surface area contributed by atoms with Crippen LogP contribution in [0.5, 0.6) is 34.5 Å². The summed E-state index contributed by atoms with van der Waals surface area (Å²) < 4.78 is 12.9. The van der Waals surface area contributed by atoms with E-state index in [0.29, 0.717) is 71.2 Å². The Morgan fingerprint density at radius 3 is 1.18 bits per heavy atom. The minimum absolute atomic E-state index is 0.0491. The highest BCUT2D eigenvalue weighted by atomic mass is 16.6. The van der Waals surface area contributed by atoms with Gasteiger partial charge in [-0.25, -0.2) is 0 Å². The third kappa shape index (κ3) is 9.49. The number of nitro groups is 2. The number of ether oxygens (including phenoxy) is 2. The van der Waals surface area contributed by atoms with Crippen molar-refractivity contribution in [2.45, 2.75) is 52.4 Å². The number of rotatable bonds is 12. The monoisotopic (exact) mass is 836 g/mol. The van der Waals surface area contributed by atoms with Crippen LogP contribution in [0.4, 0.5) is 22.7 Å². The molecule has 0 radical (unpaired) electrons. The van der Waals surface area contributed by atoms with Crippen molar-refractivity contribution in [3.63, 3.8) is 0 Å². The van der Waals surface area contributed by atoms with Crippen molar-refractivity contribution in [1.82, 2.24) is 0 Å². The van der Waals surface area contributed by atoms with E-state index >= 15 is 0 Å². The zero-order valence-corrected chi connectivity index (χ0v) is 34.1. The number of phenolic OH excluding ortho intramolecular Hbond substituents is 4. The fourth-order valence-corrected chi connectivity index (χ4v) is 7.41. The van der Waals surface area contributed by atoms with Crippen LogP contribution in [-0.4, -0.2) is 55.9 Å². The van der Waals surface area contributed by atoms with E-state index in [0.717, 1.165) is 22.3 Å². The van der Waals surface area contributed by atoms with Gasteiger partial charge in [-0.15, -0.1) is 0 Å². The van der Waals surface area contributed by atoms with Crippen LogP contribution in [0, 0.1) is 20.2 Å². The summed E-state index contributed by atoms with van der Waals surface area (Å²) in [5, 5.41) is 68.1. The lowest BCUT2D eigenvalue weighted by atomic mass is 9.91. The van der Waals surface area contributed by atoms with Gasteiger partial charge in [0.25, 0.3) is 11.4 Å². The number of aromatic hydroxyl groups is 4. The maximum Gasteiger partial charge on any atom is 0.270 e. The Bertz CT molecular complexity index is 2470. The molecule has 0 unspecified atom stereocenters. The molecule has 4 N–H and O–H groups in total. The summed E-state index contributed by atoms with van der Waals surface area (Å²) in [5.74, 6) is 0.895. The fraction of sp³-hybridized carbons (Fsp3) is 0.208. The predicted molar refractivity (Wildman–Crippen MR) is 236 cm³/mol. The van der Waals surface area contributed by atoms with Gasteiger partial charge in [-0.05, 0) is 71.5 Å². The van der Waals surface area contributed by atoms with Crippen molar-refractivity contribution < 1.29 is 39.7 Å². The molecule has 8 bridgehead atoms. The molecular formula is C48H44N4O10. The summed E-state index contributed by atoms with van der Waals surface area (Å²) in [6, 6.07) is 25.7. The molecule has 62 heavy (non-hydrogen) atoms. The first-order chi connectivity index (χ1) is 29.9. The molecule has 0 saturated carbocycles. The minimum atomic E-state index is -0.550. The summed E-state index contributed by atoms with van der Waals surface area (Å²) >= 11 is 0. The first-order valence-corrected chi connectivity index (χ1v) is 20.1. The molecule has 7 rings (SSSR count). The number of fused-ring (bicyclic) bond motifs is 8. The van der Waals surface area contributed by atoms with Gasteiger partial charge < -0.3 is 29.9 Å². The Balaban J connectivity index is 1.41. The first kappa shape index (κ1) is 42.4. The van der Waals surface area contributed by atoms with Crippen LogP contribution in [0.3, 0.4) is 0 Å². The van der Waals surface area contributed by atoms with E-state index in [4.69, 9.17) is 9.47 Å². The molecule has 14 nitrogen and oxygen atoms in total. The molecule has 6 aromatic carbocycles. The number of benzene rings is 6. The van der Waals surface area contributed by atoms with Crippen molar-refractivity contribution in [2.75, 3.05) is 13.2 Å². The average molecular weight is 837 g/mol. The molecule has 0 atom stereocenters. The predicted octanol–water partition coefficient (Wildman–Crippen LogP) is 10.1. The fourth-order valence-electron chi connectivity index (χ4n) is 7.41. The van der Waals surface area contributed by atoms with Crippen LogP contribution in [0.1, 0.15) is 82.3 Å². The minimum Gasteiger partial charge on any atom is -0.507 e. The van der Waals surface area contributed by atoms with Crippen molar-refractivity contribution in [3.05, 3.63) is 173 Å². The van der Waals surface area contributed by atoms with Crippen LogP contribution in [0.15, 0.2) is 107 Å². The Morgan fingerprint density at radius 2 is 0.871 bits per heavy atom. The first-order valence-electron chi connectivity index (χ1n) is 20.1.